The van der Waals surface area contributed by atoms with E-state index in [1.807, 2.05) is 30.0 Å². The standard InChI is InChI=1S/C14H18N2O2/c1-3-14(18)15-13-5-4-11-6-7-16(10(2)17)9-12(11)8-13/h4-5,8H,3,6-7,9H2,1-2H3,(H,15,18). The number of amides is 2. The Hall–Kier alpha value is -1.84. The number of fused-ring (bicyclic) bond motifs is 1. The molecule has 96 valence electrons. The van der Waals surface area contributed by atoms with Crippen LogP contribution in [0.15, 0.2) is 18.2 Å². The molecule has 1 aliphatic rings. The molecule has 0 bridgehead atoms. The number of nitrogens with zero attached hydrogens (tertiary/aromatic N) is 1. The van der Waals surface area contributed by atoms with E-state index in [0.717, 1.165) is 24.2 Å². The van der Waals surface area contributed by atoms with Crippen LogP contribution in [-0.2, 0) is 22.6 Å². The summed E-state index contributed by atoms with van der Waals surface area (Å²) in [5, 5.41) is 2.84. The first kappa shape index (κ1) is 12.6. The molecular formula is C14H18N2O2. The number of nitrogens with one attached hydrogen (secondary N) is 1. The van der Waals surface area contributed by atoms with Crippen molar-refractivity contribution in [1.29, 1.82) is 0 Å². The molecule has 2 rings (SSSR count). The number of carbonyl (C=O) groups is 2. The van der Waals surface area contributed by atoms with E-state index >= 15 is 0 Å². The van der Waals surface area contributed by atoms with Crippen LogP contribution in [0.1, 0.15) is 31.4 Å². The van der Waals surface area contributed by atoms with E-state index in [1.165, 1.54) is 5.56 Å². The van der Waals surface area contributed by atoms with Gasteiger partial charge in [0, 0.05) is 32.1 Å². The molecule has 1 aliphatic heterocycles. The zero-order valence-corrected chi connectivity index (χ0v) is 10.8. The lowest BCUT2D eigenvalue weighted by Gasteiger charge is -2.28. The molecule has 0 unspecified atom stereocenters. The van der Waals surface area contributed by atoms with E-state index in [2.05, 4.69) is 5.32 Å². The predicted octanol–water partition coefficient (Wildman–Crippen LogP) is 1.94. The first-order chi connectivity index (χ1) is 8.60. The second-order valence-corrected chi connectivity index (χ2v) is 4.58. The molecule has 4 nitrogen and oxygen atoms in total. The molecule has 0 spiro atoms. The van der Waals surface area contributed by atoms with Crippen LogP contribution in [0.4, 0.5) is 5.69 Å². The highest BCUT2D eigenvalue weighted by molar-refractivity contribution is 5.90. The normalized spacial score (nSPS) is 14.0. The summed E-state index contributed by atoms with van der Waals surface area (Å²) in [5.74, 6) is 0.109. The molecule has 0 saturated carbocycles. The van der Waals surface area contributed by atoms with Crippen molar-refractivity contribution in [2.24, 2.45) is 0 Å². The van der Waals surface area contributed by atoms with Gasteiger partial charge in [0.25, 0.3) is 0 Å². The predicted molar refractivity (Wildman–Crippen MR) is 70.2 cm³/mol. The van der Waals surface area contributed by atoms with Crippen molar-refractivity contribution in [3.8, 4) is 0 Å². The Morgan fingerprint density at radius 1 is 1.33 bits per heavy atom. The molecule has 0 radical (unpaired) electrons. The Kier molecular flexibility index (Phi) is 3.65. The summed E-state index contributed by atoms with van der Waals surface area (Å²) in [5.41, 5.74) is 3.21. The lowest BCUT2D eigenvalue weighted by atomic mass is 9.99. The van der Waals surface area contributed by atoms with Gasteiger partial charge in [-0.05, 0) is 29.7 Å². The molecule has 1 N–H and O–H groups in total. The molecule has 1 aromatic rings. The molecule has 0 atom stereocenters. The maximum Gasteiger partial charge on any atom is 0.224 e. The fraction of sp³-hybridized carbons (Fsp3) is 0.429. The fourth-order valence-corrected chi connectivity index (χ4v) is 2.15. The van der Waals surface area contributed by atoms with Gasteiger partial charge in [-0.2, -0.15) is 0 Å². The summed E-state index contributed by atoms with van der Waals surface area (Å²) in [6.07, 6.45) is 1.35. The topological polar surface area (TPSA) is 49.4 Å². The Labute approximate surface area is 107 Å². The average molecular weight is 246 g/mol. The summed E-state index contributed by atoms with van der Waals surface area (Å²) in [4.78, 5) is 24.5. The first-order valence-corrected chi connectivity index (χ1v) is 6.27. The van der Waals surface area contributed by atoms with E-state index in [1.54, 1.807) is 6.92 Å². The van der Waals surface area contributed by atoms with Crippen LogP contribution in [-0.4, -0.2) is 23.3 Å². The maximum absolute atomic E-state index is 11.4. The van der Waals surface area contributed by atoms with Gasteiger partial charge in [-0.15, -0.1) is 0 Å². The fourth-order valence-electron chi connectivity index (χ4n) is 2.15. The SMILES string of the molecule is CCC(=O)Nc1ccc2c(c1)CN(C(C)=O)CC2. The van der Waals surface area contributed by atoms with Crippen LogP contribution in [0.3, 0.4) is 0 Å². The highest BCUT2D eigenvalue weighted by atomic mass is 16.2. The maximum atomic E-state index is 11.4. The monoisotopic (exact) mass is 246 g/mol. The number of hydrogen-bond acceptors (Lipinski definition) is 2. The van der Waals surface area contributed by atoms with Gasteiger partial charge >= 0.3 is 0 Å². The molecule has 0 fully saturated rings. The molecule has 1 heterocycles. The minimum absolute atomic E-state index is 0.00850. The smallest absolute Gasteiger partial charge is 0.224 e. The molecule has 0 aliphatic carbocycles. The van der Waals surface area contributed by atoms with Crippen LogP contribution in [0.2, 0.25) is 0 Å². The largest absolute Gasteiger partial charge is 0.338 e. The van der Waals surface area contributed by atoms with Crippen LogP contribution >= 0.6 is 0 Å². The van der Waals surface area contributed by atoms with E-state index in [9.17, 15) is 9.59 Å². The van der Waals surface area contributed by atoms with Gasteiger partial charge in [-0.1, -0.05) is 13.0 Å². The molecule has 0 aromatic heterocycles. The Balaban J connectivity index is 2.18. The van der Waals surface area contributed by atoms with Crippen LogP contribution in [0.5, 0.6) is 0 Å². The van der Waals surface area contributed by atoms with Gasteiger partial charge in [-0.25, -0.2) is 0 Å². The summed E-state index contributed by atoms with van der Waals surface area (Å²) in [6.45, 7) is 4.84. The number of carbonyl (C=O) groups excluding carboxylic acids is 2. The van der Waals surface area contributed by atoms with Crippen molar-refractivity contribution < 1.29 is 9.59 Å². The average Bonchev–Trinajstić information content (AvgIpc) is 2.37. The second kappa shape index (κ2) is 5.21. The summed E-state index contributed by atoms with van der Waals surface area (Å²) < 4.78 is 0. The van der Waals surface area contributed by atoms with Crippen molar-refractivity contribution in [2.75, 3.05) is 11.9 Å². The van der Waals surface area contributed by atoms with Gasteiger partial charge in [0.2, 0.25) is 11.8 Å². The second-order valence-electron chi connectivity index (χ2n) is 4.58. The van der Waals surface area contributed by atoms with Gasteiger partial charge in [0.15, 0.2) is 0 Å². The zero-order valence-electron chi connectivity index (χ0n) is 10.8. The first-order valence-electron chi connectivity index (χ1n) is 6.27. The highest BCUT2D eigenvalue weighted by Gasteiger charge is 2.18. The van der Waals surface area contributed by atoms with E-state index < -0.39 is 0 Å². The van der Waals surface area contributed by atoms with Gasteiger partial charge < -0.3 is 10.2 Å². The number of hydrogen-bond donors (Lipinski definition) is 1. The van der Waals surface area contributed by atoms with E-state index in [-0.39, 0.29) is 11.8 Å². The number of rotatable bonds is 2. The third-order valence-electron chi connectivity index (χ3n) is 3.27. The third kappa shape index (κ3) is 2.70. The molecule has 1 aromatic carbocycles. The van der Waals surface area contributed by atoms with E-state index in [0.29, 0.717) is 13.0 Å². The lowest BCUT2D eigenvalue weighted by Crippen LogP contribution is -2.34. The van der Waals surface area contributed by atoms with Crippen molar-refractivity contribution in [3.05, 3.63) is 29.3 Å². The summed E-state index contributed by atoms with van der Waals surface area (Å²) in [7, 11) is 0. The Bertz CT molecular complexity index is 483. The minimum Gasteiger partial charge on any atom is -0.338 e. The molecule has 0 saturated heterocycles. The highest BCUT2D eigenvalue weighted by Crippen LogP contribution is 2.22. The van der Waals surface area contributed by atoms with Crippen LogP contribution < -0.4 is 5.32 Å². The zero-order chi connectivity index (χ0) is 13.1. The molecule has 2 amide bonds. The summed E-state index contributed by atoms with van der Waals surface area (Å²) >= 11 is 0. The van der Waals surface area contributed by atoms with Crippen molar-refractivity contribution >= 4 is 17.5 Å². The minimum atomic E-state index is 0.00850. The number of anilines is 1. The van der Waals surface area contributed by atoms with Crippen molar-refractivity contribution in [3.63, 3.8) is 0 Å². The van der Waals surface area contributed by atoms with Crippen LogP contribution in [0.25, 0.3) is 0 Å². The Morgan fingerprint density at radius 3 is 2.78 bits per heavy atom. The van der Waals surface area contributed by atoms with Gasteiger partial charge in [0.1, 0.15) is 0 Å². The molecule has 18 heavy (non-hydrogen) atoms. The molecular weight excluding hydrogens is 228 g/mol. The van der Waals surface area contributed by atoms with Crippen molar-refractivity contribution in [1.82, 2.24) is 4.90 Å². The van der Waals surface area contributed by atoms with Gasteiger partial charge in [0.05, 0.1) is 0 Å². The Morgan fingerprint density at radius 2 is 2.11 bits per heavy atom. The van der Waals surface area contributed by atoms with Gasteiger partial charge in [-0.3, -0.25) is 9.59 Å². The van der Waals surface area contributed by atoms with E-state index in [4.69, 9.17) is 0 Å². The molecule has 4 heteroatoms. The lowest BCUT2D eigenvalue weighted by molar-refractivity contribution is -0.129. The number of benzene rings is 1. The quantitative estimate of drug-likeness (QED) is 0.867. The van der Waals surface area contributed by atoms with Crippen LogP contribution in [0, 0.1) is 0 Å². The van der Waals surface area contributed by atoms with Crippen molar-refractivity contribution in [2.45, 2.75) is 33.2 Å². The summed E-state index contributed by atoms with van der Waals surface area (Å²) in [6, 6.07) is 5.94. The third-order valence-corrected chi connectivity index (χ3v) is 3.27.